The summed E-state index contributed by atoms with van der Waals surface area (Å²) < 4.78 is 0. The zero-order valence-electron chi connectivity index (χ0n) is 9.48. The van der Waals surface area contributed by atoms with E-state index >= 15 is 0 Å². The number of hydrogen-bond donors (Lipinski definition) is 2. The second-order valence-electron chi connectivity index (χ2n) is 3.92. The highest BCUT2D eigenvalue weighted by atomic mass is 32.1. The van der Waals surface area contributed by atoms with Crippen LogP contribution in [-0.2, 0) is 4.79 Å². The average Bonchev–Trinajstić information content (AvgIpc) is 2.55. The summed E-state index contributed by atoms with van der Waals surface area (Å²) in [5, 5.41) is 6.57. The second kappa shape index (κ2) is 5.63. The molecule has 17 heavy (non-hydrogen) atoms. The number of anilines is 1. The van der Waals surface area contributed by atoms with Crippen LogP contribution in [-0.4, -0.2) is 35.6 Å². The van der Waals surface area contributed by atoms with Gasteiger partial charge in [0, 0.05) is 18.8 Å². The number of nitrogens with zero attached hydrogens (tertiary/aromatic N) is 1. The molecule has 1 aromatic rings. The molecule has 1 aliphatic rings. The summed E-state index contributed by atoms with van der Waals surface area (Å²) in [7, 11) is 0. The molecule has 5 heteroatoms. The predicted octanol–water partition coefficient (Wildman–Crippen LogP) is 1.21. The van der Waals surface area contributed by atoms with Gasteiger partial charge in [0.2, 0.25) is 5.91 Å². The van der Waals surface area contributed by atoms with Gasteiger partial charge in [-0.3, -0.25) is 4.79 Å². The summed E-state index contributed by atoms with van der Waals surface area (Å²) in [6.07, 6.45) is 0.919. The monoisotopic (exact) mass is 249 g/mol. The summed E-state index contributed by atoms with van der Waals surface area (Å²) in [4.78, 5) is 13.3. The van der Waals surface area contributed by atoms with Gasteiger partial charge >= 0.3 is 0 Å². The zero-order chi connectivity index (χ0) is 12.1. The summed E-state index contributed by atoms with van der Waals surface area (Å²) in [6.45, 7) is 1.86. The molecule has 0 aliphatic carbocycles. The van der Waals surface area contributed by atoms with Crippen molar-refractivity contribution in [2.24, 2.45) is 0 Å². The third-order valence-electron chi connectivity index (χ3n) is 2.57. The molecule has 1 fully saturated rings. The molecule has 1 aliphatic heterocycles. The third-order valence-corrected chi connectivity index (χ3v) is 2.93. The van der Waals surface area contributed by atoms with Crippen LogP contribution in [0, 0.1) is 0 Å². The molecular weight excluding hydrogens is 234 g/mol. The first kappa shape index (κ1) is 11.9. The summed E-state index contributed by atoms with van der Waals surface area (Å²) in [6, 6.07) is 9.74. The van der Waals surface area contributed by atoms with Gasteiger partial charge in [0.25, 0.3) is 0 Å². The first-order valence-corrected chi connectivity index (χ1v) is 6.04. The van der Waals surface area contributed by atoms with Crippen molar-refractivity contribution >= 4 is 28.9 Å². The van der Waals surface area contributed by atoms with Crippen molar-refractivity contribution in [1.29, 1.82) is 0 Å². The summed E-state index contributed by atoms with van der Waals surface area (Å²) in [5.41, 5.74) is 0.946. The quantitative estimate of drug-likeness (QED) is 0.734. The van der Waals surface area contributed by atoms with E-state index in [9.17, 15) is 4.79 Å². The Balaban J connectivity index is 1.97. The predicted molar refractivity (Wildman–Crippen MR) is 71.9 cm³/mol. The number of para-hydroxylation sites is 1. The number of thiocarbonyl (C=S) groups is 1. The lowest BCUT2D eigenvalue weighted by Crippen LogP contribution is -2.39. The van der Waals surface area contributed by atoms with Crippen LogP contribution < -0.4 is 10.6 Å². The molecule has 2 N–H and O–H groups in total. The zero-order valence-corrected chi connectivity index (χ0v) is 10.3. The van der Waals surface area contributed by atoms with Crippen molar-refractivity contribution in [3.63, 3.8) is 0 Å². The molecule has 0 atom stereocenters. The third kappa shape index (κ3) is 3.42. The van der Waals surface area contributed by atoms with Gasteiger partial charge in [0.05, 0.1) is 6.54 Å². The molecular formula is C12H15N3OS. The van der Waals surface area contributed by atoms with Gasteiger partial charge in [-0.15, -0.1) is 0 Å². The van der Waals surface area contributed by atoms with Gasteiger partial charge in [-0.25, -0.2) is 0 Å². The van der Waals surface area contributed by atoms with E-state index < -0.39 is 0 Å². The molecule has 1 heterocycles. The molecule has 1 amide bonds. The SMILES string of the molecule is O=C1CN(C(=S)Nc2ccccc2)CCCN1. The largest absolute Gasteiger partial charge is 0.354 e. The lowest BCUT2D eigenvalue weighted by molar-refractivity contribution is -0.120. The first-order chi connectivity index (χ1) is 8.25. The molecule has 0 aromatic heterocycles. The molecule has 0 bridgehead atoms. The van der Waals surface area contributed by atoms with Crippen molar-refractivity contribution in [2.75, 3.05) is 25.0 Å². The van der Waals surface area contributed by atoms with Crippen LogP contribution in [0.3, 0.4) is 0 Å². The Morgan fingerprint density at radius 2 is 2.12 bits per heavy atom. The maximum absolute atomic E-state index is 11.4. The first-order valence-electron chi connectivity index (χ1n) is 5.63. The van der Waals surface area contributed by atoms with Gasteiger partial charge in [0.15, 0.2) is 5.11 Å². The molecule has 90 valence electrons. The van der Waals surface area contributed by atoms with Crippen LogP contribution in [0.1, 0.15) is 6.42 Å². The van der Waals surface area contributed by atoms with Gasteiger partial charge in [-0.1, -0.05) is 18.2 Å². The van der Waals surface area contributed by atoms with Crippen LogP contribution in [0.25, 0.3) is 0 Å². The number of rotatable bonds is 1. The van der Waals surface area contributed by atoms with Gasteiger partial charge < -0.3 is 15.5 Å². The molecule has 1 aromatic carbocycles. The van der Waals surface area contributed by atoms with E-state index in [4.69, 9.17) is 12.2 Å². The Labute approximate surface area is 106 Å². The van der Waals surface area contributed by atoms with Crippen molar-refractivity contribution in [1.82, 2.24) is 10.2 Å². The van der Waals surface area contributed by atoms with Gasteiger partial charge in [-0.05, 0) is 30.8 Å². The minimum atomic E-state index is 0.0275. The van der Waals surface area contributed by atoms with Crippen LogP contribution in [0.2, 0.25) is 0 Å². The number of amides is 1. The minimum Gasteiger partial charge on any atom is -0.354 e. The summed E-state index contributed by atoms with van der Waals surface area (Å²) >= 11 is 5.30. The Bertz CT molecular complexity index is 407. The fourth-order valence-corrected chi connectivity index (χ4v) is 1.98. The highest BCUT2D eigenvalue weighted by Crippen LogP contribution is 2.07. The average molecular weight is 249 g/mol. The Kier molecular flexibility index (Phi) is 3.93. The lowest BCUT2D eigenvalue weighted by atomic mass is 10.3. The van der Waals surface area contributed by atoms with Crippen LogP contribution >= 0.6 is 12.2 Å². The highest BCUT2D eigenvalue weighted by molar-refractivity contribution is 7.80. The molecule has 0 spiro atoms. The topological polar surface area (TPSA) is 44.4 Å². The molecule has 1 saturated heterocycles. The smallest absolute Gasteiger partial charge is 0.239 e. The molecule has 0 saturated carbocycles. The highest BCUT2D eigenvalue weighted by Gasteiger charge is 2.16. The fraction of sp³-hybridized carbons (Fsp3) is 0.333. The Morgan fingerprint density at radius 3 is 2.88 bits per heavy atom. The van der Waals surface area contributed by atoms with E-state index in [1.54, 1.807) is 0 Å². The van der Waals surface area contributed by atoms with E-state index in [1.165, 1.54) is 0 Å². The molecule has 0 radical (unpaired) electrons. The molecule has 0 unspecified atom stereocenters. The van der Waals surface area contributed by atoms with Crippen LogP contribution in [0.5, 0.6) is 0 Å². The van der Waals surface area contributed by atoms with E-state index in [-0.39, 0.29) is 5.91 Å². The Morgan fingerprint density at radius 1 is 1.35 bits per heavy atom. The van der Waals surface area contributed by atoms with Crippen molar-refractivity contribution in [3.8, 4) is 0 Å². The van der Waals surface area contributed by atoms with E-state index in [2.05, 4.69) is 10.6 Å². The van der Waals surface area contributed by atoms with Crippen molar-refractivity contribution < 1.29 is 4.79 Å². The van der Waals surface area contributed by atoms with Crippen molar-refractivity contribution in [2.45, 2.75) is 6.42 Å². The molecule has 4 nitrogen and oxygen atoms in total. The standard InChI is InChI=1S/C12H15N3OS/c16-11-9-15(8-4-7-13-11)12(17)14-10-5-2-1-3-6-10/h1-3,5-6H,4,7-9H2,(H,13,16)(H,14,17). The maximum atomic E-state index is 11.4. The number of carbonyl (C=O) groups is 1. The maximum Gasteiger partial charge on any atom is 0.239 e. The van der Waals surface area contributed by atoms with E-state index in [1.807, 2.05) is 35.2 Å². The normalized spacial score (nSPS) is 16.0. The van der Waals surface area contributed by atoms with Crippen LogP contribution in [0.4, 0.5) is 5.69 Å². The second-order valence-corrected chi connectivity index (χ2v) is 4.31. The Hall–Kier alpha value is -1.62. The number of hydrogen-bond acceptors (Lipinski definition) is 2. The van der Waals surface area contributed by atoms with Crippen LogP contribution in [0.15, 0.2) is 30.3 Å². The fourth-order valence-electron chi connectivity index (χ4n) is 1.70. The van der Waals surface area contributed by atoms with Gasteiger partial charge in [-0.2, -0.15) is 0 Å². The summed E-state index contributed by atoms with van der Waals surface area (Å²) in [5.74, 6) is 0.0275. The minimum absolute atomic E-state index is 0.0275. The van der Waals surface area contributed by atoms with E-state index in [0.29, 0.717) is 11.7 Å². The van der Waals surface area contributed by atoms with E-state index in [0.717, 1.165) is 25.2 Å². The van der Waals surface area contributed by atoms with Gasteiger partial charge in [0.1, 0.15) is 0 Å². The number of nitrogens with one attached hydrogen (secondary N) is 2. The lowest BCUT2D eigenvalue weighted by Gasteiger charge is -2.22. The van der Waals surface area contributed by atoms with Crippen molar-refractivity contribution in [3.05, 3.63) is 30.3 Å². The number of benzene rings is 1. The molecule has 2 rings (SSSR count). The number of carbonyl (C=O) groups excluding carboxylic acids is 1.